The SMILES string of the molecule is C[C@@H](NC(=O)NC1CCN(c2ncccn2)CC1)C1CC1. The van der Waals surface area contributed by atoms with Crippen molar-refractivity contribution in [2.75, 3.05) is 18.0 Å². The number of anilines is 1. The first-order chi connectivity index (χ1) is 10.2. The highest BCUT2D eigenvalue weighted by atomic mass is 16.2. The van der Waals surface area contributed by atoms with E-state index in [-0.39, 0.29) is 12.1 Å². The molecule has 1 aromatic rings. The standard InChI is InChI=1S/C15H23N5O/c1-11(12-3-4-12)18-15(21)19-13-5-9-20(10-6-13)14-16-7-2-8-17-14/h2,7-8,11-13H,3-6,9-10H2,1H3,(H2,18,19,21)/t11-/m1/s1. The van der Waals surface area contributed by atoms with Gasteiger partial charge in [0.05, 0.1) is 0 Å². The van der Waals surface area contributed by atoms with Gasteiger partial charge in [0.1, 0.15) is 0 Å². The summed E-state index contributed by atoms with van der Waals surface area (Å²) in [6.45, 7) is 3.85. The van der Waals surface area contributed by atoms with E-state index in [9.17, 15) is 4.79 Å². The summed E-state index contributed by atoms with van der Waals surface area (Å²) in [4.78, 5) is 22.7. The number of carbonyl (C=O) groups excluding carboxylic acids is 1. The van der Waals surface area contributed by atoms with Gasteiger partial charge in [-0.2, -0.15) is 0 Å². The van der Waals surface area contributed by atoms with E-state index in [0.717, 1.165) is 31.9 Å². The van der Waals surface area contributed by atoms with E-state index in [4.69, 9.17) is 0 Å². The van der Waals surface area contributed by atoms with Crippen molar-refractivity contribution in [1.82, 2.24) is 20.6 Å². The van der Waals surface area contributed by atoms with Gasteiger partial charge >= 0.3 is 6.03 Å². The number of urea groups is 1. The van der Waals surface area contributed by atoms with Gasteiger partial charge in [-0.25, -0.2) is 14.8 Å². The lowest BCUT2D eigenvalue weighted by Gasteiger charge is -2.32. The van der Waals surface area contributed by atoms with E-state index >= 15 is 0 Å². The van der Waals surface area contributed by atoms with Crippen molar-refractivity contribution < 1.29 is 4.79 Å². The smallest absolute Gasteiger partial charge is 0.315 e. The molecule has 114 valence electrons. The molecule has 1 saturated heterocycles. The third-order valence-corrected chi connectivity index (χ3v) is 4.35. The zero-order valence-corrected chi connectivity index (χ0v) is 12.5. The number of nitrogens with one attached hydrogen (secondary N) is 2. The van der Waals surface area contributed by atoms with Crippen molar-refractivity contribution in [3.05, 3.63) is 18.5 Å². The number of aromatic nitrogens is 2. The molecule has 1 aliphatic carbocycles. The van der Waals surface area contributed by atoms with Crippen LogP contribution in [0.25, 0.3) is 0 Å². The molecule has 0 bridgehead atoms. The Morgan fingerprint density at radius 2 is 1.90 bits per heavy atom. The number of hydrogen-bond acceptors (Lipinski definition) is 4. The highest BCUT2D eigenvalue weighted by Crippen LogP contribution is 2.32. The fourth-order valence-corrected chi connectivity index (χ4v) is 2.83. The molecule has 21 heavy (non-hydrogen) atoms. The average Bonchev–Trinajstić information content (AvgIpc) is 3.33. The quantitative estimate of drug-likeness (QED) is 0.882. The molecule has 2 heterocycles. The Morgan fingerprint density at radius 3 is 2.52 bits per heavy atom. The van der Waals surface area contributed by atoms with Crippen LogP contribution >= 0.6 is 0 Å². The van der Waals surface area contributed by atoms with Crippen LogP contribution in [0.2, 0.25) is 0 Å². The Bertz CT molecular complexity index is 468. The zero-order valence-electron chi connectivity index (χ0n) is 12.5. The Morgan fingerprint density at radius 1 is 1.24 bits per heavy atom. The maximum atomic E-state index is 11.9. The van der Waals surface area contributed by atoms with Gasteiger partial charge in [0.25, 0.3) is 0 Å². The highest BCUT2D eigenvalue weighted by molar-refractivity contribution is 5.74. The van der Waals surface area contributed by atoms with Gasteiger partial charge in [-0.05, 0) is 44.6 Å². The molecule has 3 rings (SSSR count). The summed E-state index contributed by atoms with van der Waals surface area (Å²) in [6, 6.07) is 2.34. The maximum Gasteiger partial charge on any atom is 0.315 e. The normalized spacial score (nSPS) is 20.9. The van der Waals surface area contributed by atoms with Crippen LogP contribution in [0.5, 0.6) is 0 Å². The molecular weight excluding hydrogens is 266 g/mol. The van der Waals surface area contributed by atoms with Crippen LogP contribution < -0.4 is 15.5 Å². The van der Waals surface area contributed by atoms with Crippen LogP contribution in [0.15, 0.2) is 18.5 Å². The Labute approximate surface area is 125 Å². The van der Waals surface area contributed by atoms with Crippen molar-refractivity contribution >= 4 is 12.0 Å². The second-order valence-electron chi connectivity index (χ2n) is 6.05. The molecule has 0 spiro atoms. The Kier molecular flexibility index (Phi) is 4.22. The summed E-state index contributed by atoms with van der Waals surface area (Å²) in [6.07, 6.45) is 7.89. The number of nitrogens with zero attached hydrogens (tertiary/aromatic N) is 3. The van der Waals surface area contributed by atoms with E-state index in [1.807, 2.05) is 6.07 Å². The summed E-state index contributed by atoms with van der Waals surface area (Å²) >= 11 is 0. The minimum absolute atomic E-state index is 0.0242. The fraction of sp³-hybridized carbons (Fsp3) is 0.667. The van der Waals surface area contributed by atoms with Gasteiger partial charge in [-0.1, -0.05) is 0 Å². The van der Waals surface area contributed by atoms with Crippen LogP contribution in [0.1, 0.15) is 32.6 Å². The van der Waals surface area contributed by atoms with Gasteiger partial charge < -0.3 is 15.5 Å². The van der Waals surface area contributed by atoms with Crippen molar-refractivity contribution in [3.63, 3.8) is 0 Å². The highest BCUT2D eigenvalue weighted by Gasteiger charge is 2.29. The molecule has 2 N–H and O–H groups in total. The fourth-order valence-electron chi connectivity index (χ4n) is 2.83. The number of hydrogen-bond donors (Lipinski definition) is 2. The van der Waals surface area contributed by atoms with E-state index in [1.54, 1.807) is 12.4 Å². The van der Waals surface area contributed by atoms with Gasteiger partial charge in [0, 0.05) is 37.6 Å². The topological polar surface area (TPSA) is 70.2 Å². The molecule has 1 aliphatic heterocycles. The number of rotatable bonds is 4. The number of piperidine rings is 1. The van der Waals surface area contributed by atoms with E-state index in [1.165, 1.54) is 12.8 Å². The summed E-state index contributed by atoms with van der Waals surface area (Å²) < 4.78 is 0. The predicted octanol–water partition coefficient (Wildman–Crippen LogP) is 1.54. The lowest BCUT2D eigenvalue weighted by molar-refractivity contribution is 0.230. The van der Waals surface area contributed by atoms with Crippen LogP contribution in [0.4, 0.5) is 10.7 Å². The minimum atomic E-state index is -0.0242. The average molecular weight is 289 g/mol. The van der Waals surface area contributed by atoms with Crippen LogP contribution in [0.3, 0.4) is 0 Å². The van der Waals surface area contributed by atoms with E-state index < -0.39 is 0 Å². The molecule has 6 nitrogen and oxygen atoms in total. The van der Waals surface area contributed by atoms with Gasteiger partial charge in [0.15, 0.2) is 0 Å². The molecule has 0 radical (unpaired) electrons. The first-order valence-corrected chi connectivity index (χ1v) is 7.81. The summed E-state index contributed by atoms with van der Waals surface area (Å²) in [7, 11) is 0. The van der Waals surface area contributed by atoms with Crippen LogP contribution in [-0.2, 0) is 0 Å². The molecule has 1 aromatic heterocycles. The molecule has 2 aliphatic rings. The van der Waals surface area contributed by atoms with E-state index in [2.05, 4.69) is 32.4 Å². The number of carbonyl (C=O) groups is 1. The van der Waals surface area contributed by atoms with Gasteiger partial charge in [-0.3, -0.25) is 0 Å². The second-order valence-corrected chi connectivity index (χ2v) is 6.05. The summed E-state index contributed by atoms with van der Waals surface area (Å²) in [5.41, 5.74) is 0. The molecule has 0 unspecified atom stereocenters. The first-order valence-electron chi connectivity index (χ1n) is 7.81. The Balaban J connectivity index is 1.42. The van der Waals surface area contributed by atoms with Crippen molar-refractivity contribution in [1.29, 1.82) is 0 Å². The molecule has 1 atom stereocenters. The van der Waals surface area contributed by atoms with Crippen molar-refractivity contribution in [2.45, 2.75) is 44.7 Å². The van der Waals surface area contributed by atoms with E-state index in [0.29, 0.717) is 12.0 Å². The van der Waals surface area contributed by atoms with Gasteiger partial charge in [0.2, 0.25) is 5.95 Å². The molecule has 2 amide bonds. The molecular formula is C15H23N5O. The molecule has 0 aromatic carbocycles. The largest absolute Gasteiger partial charge is 0.341 e. The van der Waals surface area contributed by atoms with Crippen molar-refractivity contribution in [2.24, 2.45) is 5.92 Å². The summed E-state index contributed by atoms with van der Waals surface area (Å²) in [5, 5.41) is 6.13. The molecule has 6 heteroatoms. The Hall–Kier alpha value is -1.85. The predicted molar refractivity (Wildman–Crippen MR) is 81.1 cm³/mol. The summed E-state index contributed by atoms with van der Waals surface area (Å²) in [5.74, 6) is 1.47. The first kappa shape index (κ1) is 14.1. The minimum Gasteiger partial charge on any atom is -0.341 e. The maximum absolute atomic E-state index is 11.9. The lowest BCUT2D eigenvalue weighted by Crippen LogP contribution is -2.50. The van der Waals surface area contributed by atoms with Gasteiger partial charge in [-0.15, -0.1) is 0 Å². The third-order valence-electron chi connectivity index (χ3n) is 4.35. The van der Waals surface area contributed by atoms with Crippen LogP contribution in [0, 0.1) is 5.92 Å². The molecule has 1 saturated carbocycles. The monoisotopic (exact) mass is 289 g/mol. The zero-order chi connectivity index (χ0) is 14.7. The van der Waals surface area contributed by atoms with Crippen LogP contribution in [-0.4, -0.2) is 41.2 Å². The third kappa shape index (κ3) is 3.83. The number of amides is 2. The second kappa shape index (κ2) is 6.28. The van der Waals surface area contributed by atoms with Crippen molar-refractivity contribution in [3.8, 4) is 0 Å². The lowest BCUT2D eigenvalue weighted by atomic mass is 10.1. The molecule has 2 fully saturated rings.